The van der Waals surface area contributed by atoms with E-state index in [2.05, 4.69) is 5.32 Å². The maximum Gasteiger partial charge on any atom is 0.103 e. The predicted octanol–water partition coefficient (Wildman–Crippen LogP) is 0.530. The first-order valence-corrected chi connectivity index (χ1v) is 2.17. The lowest BCUT2D eigenvalue weighted by Crippen LogP contribution is -2.10. The molecule has 7 heavy (non-hydrogen) atoms. The monoisotopic (exact) mass is 108 g/mol. The molecule has 0 heterocycles. The molecule has 3 heteroatoms. The van der Waals surface area contributed by atoms with Crippen LogP contribution in [-0.2, 0) is 0 Å². The number of rotatable bonds is 4. The molecule has 0 spiro atoms. The van der Waals surface area contributed by atoms with Crippen molar-refractivity contribution in [3.05, 3.63) is 0 Å². The van der Waals surface area contributed by atoms with Crippen LogP contribution >= 0.6 is 0 Å². The van der Waals surface area contributed by atoms with Crippen molar-refractivity contribution in [2.45, 2.75) is 0 Å². The van der Waals surface area contributed by atoms with Crippen molar-refractivity contribution in [1.29, 1.82) is 0 Å². The fourth-order valence-corrected chi connectivity index (χ4v) is 0.231. The summed E-state index contributed by atoms with van der Waals surface area (Å²) in [5.41, 5.74) is 0. The standard InChI is InChI=1S/C4H8F2N/c5-1-3-7-4-2-6/h1-4H2. The zero-order chi connectivity index (χ0) is 5.54. The summed E-state index contributed by atoms with van der Waals surface area (Å²) in [4.78, 5) is 0. The molecule has 0 aliphatic heterocycles. The van der Waals surface area contributed by atoms with Crippen molar-refractivity contribution in [1.82, 2.24) is 5.32 Å². The van der Waals surface area contributed by atoms with Gasteiger partial charge in [0, 0.05) is 13.1 Å². The van der Waals surface area contributed by atoms with E-state index in [1.165, 1.54) is 0 Å². The Balaban J connectivity index is 2.45. The van der Waals surface area contributed by atoms with Crippen molar-refractivity contribution in [2.75, 3.05) is 26.4 Å². The van der Waals surface area contributed by atoms with Crippen LogP contribution in [0.25, 0.3) is 0 Å². The summed E-state index contributed by atoms with van der Waals surface area (Å²) in [6.45, 7) is -0.659. The van der Waals surface area contributed by atoms with Gasteiger partial charge in [-0.05, 0) is 0 Å². The molecule has 0 N–H and O–H groups in total. The highest BCUT2D eigenvalue weighted by molar-refractivity contribution is 4.39. The van der Waals surface area contributed by atoms with E-state index in [1.54, 1.807) is 0 Å². The second kappa shape index (κ2) is 5.82. The third-order valence-corrected chi connectivity index (χ3v) is 0.485. The molecular weight excluding hydrogens is 100 g/mol. The Morgan fingerprint density at radius 1 is 1.00 bits per heavy atom. The molecule has 0 aromatic carbocycles. The van der Waals surface area contributed by atoms with Gasteiger partial charge in [0.2, 0.25) is 0 Å². The fourth-order valence-electron chi connectivity index (χ4n) is 0.231. The van der Waals surface area contributed by atoms with E-state index in [-0.39, 0.29) is 13.1 Å². The first-order chi connectivity index (χ1) is 3.41. The minimum atomic E-state index is -0.472. The van der Waals surface area contributed by atoms with Crippen LogP contribution in [0.15, 0.2) is 0 Å². The number of hydrogen-bond donors (Lipinski definition) is 0. The third kappa shape index (κ3) is 5.82. The van der Waals surface area contributed by atoms with Crippen LogP contribution in [0.1, 0.15) is 0 Å². The third-order valence-electron chi connectivity index (χ3n) is 0.485. The largest absolute Gasteiger partial charge is 0.250 e. The summed E-state index contributed by atoms with van der Waals surface area (Å²) < 4.78 is 22.2. The second-order valence-corrected chi connectivity index (χ2v) is 1.05. The van der Waals surface area contributed by atoms with Crippen LogP contribution < -0.4 is 5.32 Å². The summed E-state index contributed by atoms with van der Waals surface area (Å²) in [5, 5.41) is 3.46. The normalized spacial score (nSPS) is 9.43. The Labute approximate surface area is 41.7 Å². The van der Waals surface area contributed by atoms with E-state index in [1.807, 2.05) is 0 Å². The van der Waals surface area contributed by atoms with Gasteiger partial charge in [0.1, 0.15) is 13.3 Å². The minimum absolute atomic E-state index is 0.143. The van der Waals surface area contributed by atoms with E-state index >= 15 is 0 Å². The summed E-state index contributed by atoms with van der Waals surface area (Å²) >= 11 is 0. The average Bonchev–Trinajstić information content (AvgIpc) is 1.69. The van der Waals surface area contributed by atoms with Crippen LogP contribution in [0.4, 0.5) is 8.78 Å². The molecule has 0 unspecified atom stereocenters. The molecule has 0 aliphatic carbocycles. The molecule has 0 aromatic heterocycles. The molecule has 1 nitrogen and oxygen atoms in total. The van der Waals surface area contributed by atoms with Crippen molar-refractivity contribution in [3.8, 4) is 0 Å². The van der Waals surface area contributed by atoms with E-state index in [9.17, 15) is 8.78 Å². The van der Waals surface area contributed by atoms with Crippen LogP contribution in [0.5, 0.6) is 0 Å². The van der Waals surface area contributed by atoms with Crippen molar-refractivity contribution < 1.29 is 8.78 Å². The first kappa shape index (κ1) is 6.82. The maximum absolute atomic E-state index is 11.1. The van der Waals surface area contributed by atoms with Crippen LogP contribution in [0.3, 0.4) is 0 Å². The molecular formula is C4H8F2N. The zero-order valence-electron chi connectivity index (χ0n) is 4.03. The number of alkyl halides is 2. The second-order valence-electron chi connectivity index (χ2n) is 1.05. The zero-order valence-corrected chi connectivity index (χ0v) is 4.03. The highest BCUT2D eigenvalue weighted by Gasteiger charge is 1.83. The molecule has 0 atom stereocenters. The van der Waals surface area contributed by atoms with Crippen molar-refractivity contribution >= 4 is 0 Å². The topological polar surface area (TPSA) is 14.1 Å². The maximum atomic E-state index is 11.1. The summed E-state index contributed by atoms with van der Waals surface area (Å²) in [7, 11) is 0. The molecule has 0 bridgehead atoms. The Morgan fingerprint density at radius 2 is 1.43 bits per heavy atom. The number of halogens is 2. The molecule has 0 amide bonds. The van der Waals surface area contributed by atoms with E-state index in [0.29, 0.717) is 0 Å². The van der Waals surface area contributed by atoms with E-state index < -0.39 is 13.3 Å². The fraction of sp³-hybridized carbons (Fsp3) is 1.00. The highest BCUT2D eigenvalue weighted by Crippen LogP contribution is 1.67. The van der Waals surface area contributed by atoms with Gasteiger partial charge in [-0.3, -0.25) is 0 Å². The number of hydrogen-bond acceptors (Lipinski definition) is 0. The lowest BCUT2D eigenvalue weighted by atomic mass is 10.6. The molecule has 0 aromatic rings. The number of nitrogens with zero attached hydrogens (tertiary/aromatic N) is 1. The SMILES string of the molecule is FCC[N]CCF. The molecule has 0 saturated heterocycles. The molecule has 0 rings (SSSR count). The lowest BCUT2D eigenvalue weighted by molar-refractivity contribution is 0.426. The van der Waals surface area contributed by atoms with Gasteiger partial charge in [0.25, 0.3) is 0 Å². The van der Waals surface area contributed by atoms with Crippen molar-refractivity contribution in [3.63, 3.8) is 0 Å². The van der Waals surface area contributed by atoms with Gasteiger partial charge >= 0.3 is 0 Å². The Kier molecular flexibility index (Phi) is 5.67. The predicted molar refractivity (Wildman–Crippen MR) is 23.8 cm³/mol. The molecule has 43 valence electrons. The minimum Gasteiger partial charge on any atom is -0.250 e. The van der Waals surface area contributed by atoms with Gasteiger partial charge in [-0.15, -0.1) is 0 Å². The quantitative estimate of drug-likeness (QED) is 0.466. The van der Waals surface area contributed by atoms with E-state index in [4.69, 9.17) is 0 Å². The van der Waals surface area contributed by atoms with E-state index in [0.717, 1.165) is 0 Å². The summed E-state index contributed by atoms with van der Waals surface area (Å²) in [6, 6.07) is 0. The lowest BCUT2D eigenvalue weighted by Gasteiger charge is -1.89. The Morgan fingerprint density at radius 3 is 1.71 bits per heavy atom. The van der Waals surface area contributed by atoms with Gasteiger partial charge in [0.15, 0.2) is 0 Å². The highest BCUT2D eigenvalue weighted by atomic mass is 19.1. The molecule has 0 saturated carbocycles. The molecule has 0 fully saturated rings. The Bertz CT molecular complexity index is 28.9. The van der Waals surface area contributed by atoms with Crippen LogP contribution in [0.2, 0.25) is 0 Å². The van der Waals surface area contributed by atoms with Gasteiger partial charge < -0.3 is 0 Å². The summed E-state index contributed by atoms with van der Waals surface area (Å²) in [6.07, 6.45) is 0. The molecule has 0 aliphatic rings. The smallest absolute Gasteiger partial charge is 0.103 e. The van der Waals surface area contributed by atoms with Gasteiger partial charge in [0.05, 0.1) is 0 Å². The summed E-state index contributed by atoms with van der Waals surface area (Å²) in [5.74, 6) is 0. The van der Waals surface area contributed by atoms with Crippen LogP contribution in [0, 0.1) is 0 Å². The first-order valence-electron chi connectivity index (χ1n) is 2.17. The van der Waals surface area contributed by atoms with Gasteiger partial charge in [-0.25, -0.2) is 14.1 Å². The van der Waals surface area contributed by atoms with Crippen molar-refractivity contribution in [2.24, 2.45) is 0 Å². The molecule has 1 radical (unpaired) electrons. The Hall–Kier alpha value is -0.180. The average molecular weight is 108 g/mol. The van der Waals surface area contributed by atoms with Crippen LogP contribution in [-0.4, -0.2) is 26.4 Å². The van der Waals surface area contributed by atoms with Gasteiger partial charge in [-0.1, -0.05) is 0 Å². The van der Waals surface area contributed by atoms with Gasteiger partial charge in [-0.2, -0.15) is 0 Å².